The summed E-state index contributed by atoms with van der Waals surface area (Å²) < 4.78 is 28.1. The molecule has 2 nitrogen and oxygen atoms in total. The first-order valence-electron chi connectivity index (χ1n) is 6.40. The number of halogens is 3. The molecule has 2 aromatic rings. The van der Waals surface area contributed by atoms with Gasteiger partial charge in [-0.2, -0.15) is 0 Å². The third-order valence-corrected chi connectivity index (χ3v) is 3.39. The van der Waals surface area contributed by atoms with Crippen molar-refractivity contribution in [2.75, 3.05) is 6.54 Å². The SMILES string of the molecule is CCCNC(c1cc(F)cc(Br)c1)c1ccncc1F. The van der Waals surface area contributed by atoms with Gasteiger partial charge in [-0.3, -0.25) is 4.98 Å². The van der Waals surface area contributed by atoms with Crippen LogP contribution in [0.2, 0.25) is 0 Å². The third-order valence-electron chi connectivity index (χ3n) is 2.93. The standard InChI is InChI=1S/C15H15BrF2N2/c1-2-4-20-15(13-3-5-19-9-14(13)18)10-6-11(16)8-12(17)7-10/h3,5-9,15,20H,2,4H2,1H3. The minimum Gasteiger partial charge on any atom is -0.306 e. The normalized spacial score (nSPS) is 12.4. The maximum absolute atomic E-state index is 13.9. The number of benzene rings is 1. The molecular formula is C15H15BrF2N2. The van der Waals surface area contributed by atoms with Gasteiger partial charge in [0.1, 0.15) is 11.6 Å². The highest BCUT2D eigenvalue weighted by Gasteiger charge is 2.18. The van der Waals surface area contributed by atoms with E-state index in [1.54, 1.807) is 12.1 Å². The van der Waals surface area contributed by atoms with Crippen molar-refractivity contribution in [3.63, 3.8) is 0 Å². The minimum atomic E-state index is -0.401. The van der Waals surface area contributed by atoms with Gasteiger partial charge in [-0.1, -0.05) is 22.9 Å². The van der Waals surface area contributed by atoms with Crippen LogP contribution >= 0.6 is 15.9 Å². The second-order valence-electron chi connectivity index (χ2n) is 4.49. The van der Waals surface area contributed by atoms with Gasteiger partial charge in [0.2, 0.25) is 0 Å². The van der Waals surface area contributed by atoms with Crippen LogP contribution in [0.4, 0.5) is 8.78 Å². The summed E-state index contributed by atoms with van der Waals surface area (Å²) in [6.45, 7) is 2.73. The van der Waals surface area contributed by atoms with E-state index in [4.69, 9.17) is 0 Å². The van der Waals surface area contributed by atoms with E-state index in [1.165, 1.54) is 24.5 Å². The molecule has 0 aliphatic rings. The van der Waals surface area contributed by atoms with E-state index in [0.717, 1.165) is 6.42 Å². The fourth-order valence-corrected chi connectivity index (χ4v) is 2.54. The van der Waals surface area contributed by atoms with Gasteiger partial charge in [0.15, 0.2) is 0 Å². The number of aromatic nitrogens is 1. The van der Waals surface area contributed by atoms with E-state index in [9.17, 15) is 8.78 Å². The fourth-order valence-electron chi connectivity index (χ4n) is 2.06. The maximum Gasteiger partial charge on any atom is 0.146 e. The van der Waals surface area contributed by atoms with Crippen LogP contribution < -0.4 is 5.32 Å². The average molecular weight is 341 g/mol. The highest BCUT2D eigenvalue weighted by Crippen LogP contribution is 2.27. The van der Waals surface area contributed by atoms with Crippen molar-refractivity contribution < 1.29 is 8.78 Å². The highest BCUT2D eigenvalue weighted by molar-refractivity contribution is 9.10. The molecule has 0 amide bonds. The number of rotatable bonds is 5. The molecule has 2 rings (SSSR count). The molecule has 1 heterocycles. The Morgan fingerprint density at radius 2 is 2.10 bits per heavy atom. The van der Waals surface area contributed by atoms with Gasteiger partial charge in [0.05, 0.1) is 12.2 Å². The van der Waals surface area contributed by atoms with Crippen molar-refractivity contribution in [2.24, 2.45) is 0 Å². The lowest BCUT2D eigenvalue weighted by atomic mass is 9.99. The van der Waals surface area contributed by atoms with Crippen LogP contribution in [-0.4, -0.2) is 11.5 Å². The van der Waals surface area contributed by atoms with Crippen molar-refractivity contribution >= 4 is 15.9 Å². The van der Waals surface area contributed by atoms with Gasteiger partial charge in [-0.05, 0) is 42.8 Å². The Labute approximate surface area is 125 Å². The van der Waals surface area contributed by atoms with Gasteiger partial charge in [0.25, 0.3) is 0 Å². The van der Waals surface area contributed by atoms with E-state index >= 15 is 0 Å². The molecule has 1 N–H and O–H groups in total. The van der Waals surface area contributed by atoms with Crippen LogP contribution in [0.15, 0.2) is 41.1 Å². The van der Waals surface area contributed by atoms with E-state index in [-0.39, 0.29) is 5.82 Å². The Morgan fingerprint density at radius 3 is 2.75 bits per heavy atom. The molecule has 0 saturated carbocycles. The molecule has 0 aliphatic heterocycles. The van der Waals surface area contributed by atoms with Crippen molar-refractivity contribution in [2.45, 2.75) is 19.4 Å². The van der Waals surface area contributed by atoms with Gasteiger partial charge in [-0.25, -0.2) is 8.78 Å². The second-order valence-corrected chi connectivity index (χ2v) is 5.40. The molecule has 0 spiro atoms. The van der Waals surface area contributed by atoms with Crippen molar-refractivity contribution in [1.29, 1.82) is 0 Å². The van der Waals surface area contributed by atoms with E-state index in [2.05, 4.69) is 26.2 Å². The van der Waals surface area contributed by atoms with E-state index in [0.29, 0.717) is 22.1 Å². The average Bonchev–Trinajstić information content (AvgIpc) is 2.40. The summed E-state index contributed by atoms with van der Waals surface area (Å²) in [5, 5.41) is 3.24. The molecule has 5 heteroatoms. The zero-order valence-electron chi connectivity index (χ0n) is 11.0. The smallest absolute Gasteiger partial charge is 0.146 e. The number of pyridine rings is 1. The fraction of sp³-hybridized carbons (Fsp3) is 0.267. The van der Waals surface area contributed by atoms with Crippen LogP contribution in [0.3, 0.4) is 0 Å². The van der Waals surface area contributed by atoms with Crippen LogP contribution in [0.5, 0.6) is 0 Å². The quantitative estimate of drug-likeness (QED) is 0.881. The summed E-state index contributed by atoms with van der Waals surface area (Å²) in [5.74, 6) is -0.756. The number of hydrogen-bond donors (Lipinski definition) is 1. The molecule has 0 saturated heterocycles. The summed E-state index contributed by atoms with van der Waals surface area (Å²) >= 11 is 3.27. The van der Waals surface area contributed by atoms with Gasteiger partial charge in [0, 0.05) is 16.2 Å². The first-order valence-corrected chi connectivity index (χ1v) is 7.20. The Hall–Kier alpha value is -1.33. The molecule has 1 aromatic heterocycles. The molecule has 0 fully saturated rings. The maximum atomic E-state index is 13.9. The zero-order chi connectivity index (χ0) is 14.5. The number of nitrogens with zero attached hydrogens (tertiary/aromatic N) is 1. The minimum absolute atomic E-state index is 0.355. The molecular weight excluding hydrogens is 326 g/mol. The Balaban J connectivity index is 2.44. The van der Waals surface area contributed by atoms with Gasteiger partial charge < -0.3 is 5.32 Å². The van der Waals surface area contributed by atoms with Crippen molar-refractivity contribution in [1.82, 2.24) is 10.3 Å². The van der Waals surface area contributed by atoms with Crippen LogP contribution in [-0.2, 0) is 0 Å². The largest absolute Gasteiger partial charge is 0.306 e. The van der Waals surface area contributed by atoms with Crippen LogP contribution in [0.25, 0.3) is 0 Å². The number of nitrogens with one attached hydrogen (secondary N) is 1. The molecule has 1 unspecified atom stereocenters. The predicted octanol–water partition coefficient (Wildman–Crippen LogP) is 4.21. The molecule has 0 radical (unpaired) electrons. The predicted molar refractivity (Wildman–Crippen MR) is 78.4 cm³/mol. The number of hydrogen-bond acceptors (Lipinski definition) is 2. The van der Waals surface area contributed by atoms with Crippen LogP contribution in [0, 0.1) is 11.6 Å². The topological polar surface area (TPSA) is 24.9 Å². The monoisotopic (exact) mass is 340 g/mol. The van der Waals surface area contributed by atoms with Crippen molar-refractivity contribution in [3.05, 3.63) is 63.9 Å². The molecule has 1 aromatic carbocycles. The Bertz CT molecular complexity index is 570. The van der Waals surface area contributed by atoms with Gasteiger partial charge >= 0.3 is 0 Å². The zero-order valence-corrected chi connectivity index (χ0v) is 12.6. The van der Waals surface area contributed by atoms with E-state index in [1.807, 2.05) is 6.92 Å². The highest BCUT2D eigenvalue weighted by atomic mass is 79.9. The first kappa shape index (κ1) is 15.1. The second kappa shape index (κ2) is 6.90. The lowest BCUT2D eigenvalue weighted by Crippen LogP contribution is -2.24. The lowest BCUT2D eigenvalue weighted by molar-refractivity contribution is 0.539. The third kappa shape index (κ3) is 3.61. The van der Waals surface area contributed by atoms with Crippen LogP contribution in [0.1, 0.15) is 30.5 Å². The Morgan fingerprint density at radius 1 is 1.30 bits per heavy atom. The molecule has 20 heavy (non-hydrogen) atoms. The molecule has 0 aliphatic carbocycles. The lowest BCUT2D eigenvalue weighted by Gasteiger charge is -2.20. The van der Waals surface area contributed by atoms with E-state index < -0.39 is 11.9 Å². The van der Waals surface area contributed by atoms with Crippen molar-refractivity contribution in [3.8, 4) is 0 Å². The molecule has 106 valence electrons. The summed E-state index contributed by atoms with van der Waals surface area (Å²) in [5.41, 5.74) is 1.14. The molecule has 0 bridgehead atoms. The summed E-state index contributed by atoms with van der Waals surface area (Å²) in [4.78, 5) is 3.75. The van der Waals surface area contributed by atoms with Gasteiger partial charge in [-0.15, -0.1) is 0 Å². The summed E-state index contributed by atoms with van der Waals surface area (Å²) in [6.07, 6.45) is 3.61. The summed E-state index contributed by atoms with van der Waals surface area (Å²) in [6, 6.07) is 5.80. The molecule has 1 atom stereocenters. The summed E-state index contributed by atoms with van der Waals surface area (Å²) in [7, 11) is 0. The first-order chi connectivity index (χ1) is 9.61. The Kier molecular flexibility index (Phi) is 5.20.